The lowest BCUT2D eigenvalue weighted by atomic mass is 9.88. The highest BCUT2D eigenvalue weighted by Crippen LogP contribution is 2.36. The summed E-state index contributed by atoms with van der Waals surface area (Å²) in [5.74, 6) is -4.67. The van der Waals surface area contributed by atoms with E-state index in [2.05, 4.69) is 5.32 Å². The number of hydrogen-bond acceptors (Lipinski definition) is 10. The molecule has 12 nitrogen and oxygen atoms in total. The number of hydrogen-bond donors (Lipinski definition) is 6. The molecule has 0 radical (unpaired) electrons. The number of carboxylic acid groups (broad SMARTS) is 1. The van der Waals surface area contributed by atoms with E-state index in [0.717, 1.165) is 12.5 Å². The van der Waals surface area contributed by atoms with E-state index in [4.69, 9.17) is 14.2 Å². The molecule has 1 aliphatic heterocycles. The fourth-order valence-electron chi connectivity index (χ4n) is 3.95. The molecule has 0 saturated carbocycles. The maximum Gasteiger partial charge on any atom is 0.364 e. The zero-order valence-corrected chi connectivity index (χ0v) is 19.3. The molecule has 8 atom stereocenters. The van der Waals surface area contributed by atoms with Crippen molar-refractivity contribution < 1.29 is 54.1 Å². The topological polar surface area (TPSA) is 192 Å². The number of Topliss-reactive ketones (excluding diaryl/α,β-unsaturated/α-hetero) is 1. The third kappa shape index (κ3) is 6.69. The third-order valence-electron chi connectivity index (χ3n) is 5.75. The molecule has 0 aromatic rings. The number of carbonyl (C=O) groups is 3. The summed E-state index contributed by atoms with van der Waals surface area (Å²) in [7, 11) is 1.39. The molecule has 0 aromatic carbocycles. The largest absolute Gasteiger partial charge is 0.477 e. The first-order chi connectivity index (χ1) is 15.9. The van der Waals surface area contributed by atoms with Crippen LogP contribution in [-0.4, -0.2) is 105 Å². The van der Waals surface area contributed by atoms with Gasteiger partial charge in [-0.1, -0.05) is 12.2 Å². The number of aliphatic carboxylic acids is 1. The fourth-order valence-corrected chi connectivity index (χ4v) is 3.95. The Hall–Kier alpha value is -2.19. The Morgan fingerprint density at radius 2 is 1.94 bits per heavy atom. The molecule has 12 heteroatoms. The van der Waals surface area contributed by atoms with Crippen molar-refractivity contribution in [2.45, 2.75) is 81.6 Å². The summed E-state index contributed by atoms with van der Waals surface area (Å²) in [5, 5.41) is 52.7. The monoisotopic (exact) mass is 487 g/mol. The standard InChI is InChI=1S/C22H33NO11/c1-11(25)4-5-13-6-7-16(17(8-13)32-3)33-22(21(30)31)9-14(27)18(23-12(2)26)20(34-22)19(29)15(28)10-24/h6-8,14-20,24,27-29H,4-5,9-10H2,1-3H3,(H,23,26)(H,30,31). The molecule has 0 aromatic heterocycles. The van der Waals surface area contributed by atoms with Crippen LogP contribution in [-0.2, 0) is 28.6 Å². The lowest BCUT2D eigenvalue weighted by Gasteiger charge is -2.47. The molecule has 1 aliphatic carbocycles. The minimum absolute atomic E-state index is 0.0134. The van der Waals surface area contributed by atoms with Crippen molar-refractivity contribution in [3.63, 3.8) is 0 Å². The molecule has 1 amide bonds. The van der Waals surface area contributed by atoms with Gasteiger partial charge in [0.15, 0.2) is 0 Å². The maximum absolute atomic E-state index is 12.3. The lowest BCUT2D eigenvalue weighted by molar-refractivity contribution is -0.323. The smallest absolute Gasteiger partial charge is 0.364 e. The summed E-state index contributed by atoms with van der Waals surface area (Å²) in [6.07, 6.45) is -3.46. The number of rotatable bonds is 11. The molecule has 6 N–H and O–H groups in total. The number of ketones is 1. The first kappa shape index (κ1) is 28.1. The van der Waals surface area contributed by atoms with Crippen molar-refractivity contribution in [1.82, 2.24) is 5.32 Å². The van der Waals surface area contributed by atoms with Crippen LogP contribution in [0.3, 0.4) is 0 Å². The van der Waals surface area contributed by atoms with E-state index in [1.165, 1.54) is 20.1 Å². The van der Waals surface area contributed by atoms with E-state index in [1.54, 1.807) is 12.2 Å². The Bertz CT molecular complexity index is 813. The van der Waals surface area contributed by atoms with Gasteiger partial charge in [0.25, 0.3) is 5.79 Å². The lowest BCUT2D eigenvalue weighted by Crippen LogP contribution is -2.68. The quantitative estimate of drug-likeness (QED) is 0.197. The number of allylic oxidation sites excluding steroid dienone is 2. The first-order valence-electron chi connectivity index (χ1n) is 10.9. The number of carboxylic acids is 1. The summed E-state index contributed by atoms with van der Waals surface area (Å²) in [4.78, 5) is 35.2. The van der Waals surface area contributed by atoms with E-state index in [1.807, 2.05) is 0 Å². The molecular formula is C22H33NO11. The second-order valence-electron chi connectivity index (χ2n) is 8.46. The van der Waals surface area contributed by atoms with Crippen molar-refractivity contribution in [3.8, 4) is 0 Å². The van der Waals surface area contributed by atoms with Crippen molar-refractivity contribution in [2.75, 3.05) is 13.7 Å². The van der Waals surface area contributed by atoms with Gasteiger partial charge in [0.1, 0.15) is 36.3 Å². The van der Waals surface area contributed by atoms with Gasteiger partial charge in [-0.3, -0.25) is 4.79 Å². The van der Waals surface area contributed by atoms with Gasteiger partial charge in [-0.15, -0.1) is 0 Å². The maximum atomic E-state index is 12.3. The summed E-state index contributed by atoms with van der Waals surface area (Å²) in [6.45, 7) is 1.75. The van der Waals surface area contributed by atoms with Gasteiger partial charge in [-0.05, 0) is 25.0 Å². The minimum atomic E-state index is -2.48. The number of methoxy groups -OCH3 is 1. The summed E-state index contributed by atoms with van der Waals surface area (Å²) in [5.41, 5.74) is 0.793. The van der Waals surface area contributed by atoms with E-state index >= 15 is 0 Å². The van der Waals surface area contributed by atoms with Crippen LogP contribution < -0.4 is 5.32 Å². The van der Waals surface area contributed by atoms with Crippen LogP contribution in [0.2, 0.25) is 0 Å². The van der Waals surface area contributed by atoms with Crippen LogP contribution in [0.15, 0.2) is 23.8 Å². The number of aliphatic hydroxyl groups excluding tert-OH is 4. The SMILES string of the molecule is COC1C=C(CCC(C)=O)C=CC1OC1(C(=O)O)CC(O)C(NC(C)=O)C(C(O)C(O)CO)O1. The molecule has 2 rings (SSSR count). The van der Waals surface area contributed by atoms with Gasteiger partial charge < -0.3 is 49.9 Å². The highest BCUT2D eigenvalue weighted by molar-refractivity contribution is 5.77. The minimum Gasteiger partial charge on any atom is -0.477 e. The Morgan fingerprint density at radius 1 is 1.26 bits per heavy atom. The van der Waals surface area contributed by atoms with E-state index in [-0.39, 0.29) is 5.78 Å². The van der Waals surface area contributed by atoms with Gasteiger partial charge in [0, 0.05) is 26.9 Å². The molecule has 0 bridgehead atoms. The zero-order valence-electron chi connectivity index (χ0n) is 19.3. The van der Waals surface area contributed by atoms with Crippen LogP contribution in [0.1, 0.15) is 33.1 Å². The average Bonchev–Trinajstić information content (AvgIpc) is 2.78. The second-order valence-corrected chi connectivity index (χ2v) is 8.46. The van der Waals surface area contributed by atoms with Crippen molar-refractivity contribution in [1.29, 1.82) is 0 Å². The number of ether oxygens (including phenoxy) is 3. The van der Waals surface area contributed by atoms with Crippen LogP contribution >= 0.6 is 0 Å². The third-order valence-corrected chi connectivity index (χ3v) is 5.75. The highest BCUT2D eigenvalue weighted by Gasteiger charge is 2.57. The van der Waals surface area contributed by atoms with Gasteiger partial charge in [-0.25, -0.2) is 4.79 Å². The molecule has 8 unspecified atom stereocenters. The molecule has 2 aliphatic rings. The zero-order chi connectivity index (χ0) is 25.6. The summed E-state index contributed by atoms with van der Waals surface area (Å²) >= 11 is 0. The molecule has 1 fully saturated rings. The molecule has 34 heavy (non-hydrogen) atoms. The van der Waals surface area contributed by atoms with Gasteiger partial charge in [-0.2, -0.15) is 0 Å². The number of aliphatic hydroxyl groups is 4. The molecular weight excluding hydrogens is 454 g/mol. The number of nitrogens with one attached hydrogen (secondary N) is 1. The average molecular weight is 488 g/mol. The fraction of sp³-hybridized carbons (Fsp3) is 0.682. The predicted molar refractivity (Wildman–Crippen MR) is 115 cm³/mol. The van der Waals surface area contributed by atoms with Gasteiger partial charge >= 0.3 is 5.97 Å². The summed E-state index contributed by atoms with van der Waals surface area (Å²) < 4.78 is 16.8. The Balaban J connectivity index is 2.33. The van der Waals surface area contributed by atoms with Gasteiger partial charge in [0.05, 0.1) is 18.8 Å². The highest BCUT2D eigenvalue weighted by atomic mass is 16.7. The van der Waals surface area contributed by atoms with E-state index in [0.29, 0.717) is 12.8 Å². The van der Waals surface area contributed by atoms with Crippen LogP contribution in [0.5, 0.6) is 0 Å². The van der Waals surface area contributed by atoms with E-state index < -0.39 is 73.4 Å². The van der Waals surface area contributed by atoms with Crippen molar-refractivity contribution in [2.24, 2.45) is 0 Å². The van der Waals surface area contributed by atoms with Crippen LogP contribution in [0, 0.1) is 0 Å². The van der Waals surface area contributed by atoms with E-state index in [9.17, 15) is 39.9 Å². The first-order valence-corrected chi connectivity index (χ1v) is 10.9. The second kappa shape index (κ2) is 12.0. The normalized spacial score (nSPS) is 33.0. The van der Waals surface area contributed by atoms with Crippen molar-refractivity contribution in [3.05, 3.63) is 23.8 Å². The Labute approximate surface area is 196 Å². The predicted octanol–water partition coefficient (Wildman–Crippen LogP) is -1.60. The Morgan fingerprint density at radius 3 is 2.47 bits per heavy atom. The van der Waals surface area contributed by atoms with Gasteiger partial charge in [0.2, 0.25) is 5.91 Å². The van der Waals surface area contributed by atoms with Crippen LogP contribution in [0.4, 0.5) is 0 Å². The number of carbonyl (C=O) groups excluding carboxylic acids is 2. The van der Waals surface area contributed by atoms with Crippen LogP contribution in [0.25, 0.3) is 0 Å². The molecule has 1 saturated heterocycles. The number of amides is 1. The molecule has 1 heterocycles. The molecule has 0 spiro atoms. The summed E-state index contributed by atoms with van der Waals surface area (Å²) in [6, 6.07) is -1.29. The molecule has 192 valence electrons. The Kier molecular flexibility index (Phi) is 9.88. The van der Waals surface area contributed by atoms with Crippen molar-refractivity contribution >= 4 is 17.7 Å².